The Labute approximate surface area is 138 Å². The maximum atomic E-state index is 12.2. The maximum Gasteiger partial charge on any atom is 0.271 e. The Hall–Kier alpha value is -2.58. The van der Waals surface area contributed by atoms with Gasteiger partial charge in [0.15, 0.2) is 0 Å². The van der Waals surface area contributed by atoms with Crippen LogP contribution in [0.25, 0.3) is 21.6 Å². The van der Waals surface area contributed by atoms with E-state index in [0.29, 0.717) is 23.3 Å². The van der Waals surface area contributed by atoms with E-state index in [-0.39, 0.29) is 5.91 Å². The van der Waals surface area contributed by atoms with Gasteiger partial charge in [0.2, 0.25) is 0 Å². The van der Waals surface area contributed by atoms with E-state index in [1.807, 2.05) is 35.7 Å². The van der Waals surface area contributed by atoms with Gasteiger partial charge in [-0.25, -0.2) is 9.61 Å². The number of nitrogens with zero attached hydrogens (tertiary/aromatic N) is 3. The Morgan fingerprint density at radius 3 is 2.96 bits per heavy atom. The van der Waals surface area contributed by atoms with Crippen LogP contribution in [0.3, 0.4) is 0 Å². The molecule has 0 spiro atoms. The molecule has 4 rings (SSSR count). The molecule has 0 saturated carbocycles. The quantitative estimate of drug-likeness (QED) is 0.615. The average Bonchev–Trinajstić information content (AvgIpc) is 3.32. The molecule has 0 atom stereocenters. The number of aromatic nitrogens is 3. The van der Waals surface area contributed by atoms with Crippen LogP contribution in [0.5, 0.6) is 0 Å². The average molecular weight is 342 g/mol. The first-order valence-electron chi connectivity index (χ1n) is 6.78. The minimum atomic E-state index is -0.176. The summed E-state index contributed by atoms with van der Waals surface area (Å²) in [6, 6.07) is 9.50. The summed E-state index contributed by atoms with van der Waals surface area (Å²) in [4.78, 5) is 17.7. The number of thiophene rings is 1. The SMILES string of the molecule is O=C(NCc1cccs1)c1csc(-c2ccc3nonc3c2)n1. The molecule has 0 saturated heterocycles. The lowest BCUT2D eigenvalue weighted by atomic mass is 10.2. The standard InChI is InChI=1S/C15H10N4O2S2/c20-14(16-7-10-2-1-5-22-10)13-8-23-15(17-13)9-3-4-11-12(6-9)19-21-18-11/h1-6,8H,7H2,(H,16,20). The summed E-state index contributed by atoms with van der Waals surface area (Å²) in [5, 5.41) is 15.0. The van der Waals surface area contributed by atoms with E-state index in [1.54, 1.807) is 16.7 Å². The monoisotopic (exact) mass is 342 g/mol. The second kappa shape index (κ2) is 5.90. The molecule has 8 heteroatoms. The lowest BCUT2D eigenvalue weighted by molar-refractivity contribution is 0.0947. The van der Waals surface area contributed by atoms with Crippen molar-refractivity contribution in [2.24, 2.45) is 0 Å². The topological polar surface area (TPSA) is 80.9 Å². The number of carbonyl (C=O) groups excluding carboxylic acids is 1. The van der Waals surface area contributed by atoms with Crippen molar-refractivity contribution in [3.05, 3.63) is 51.7 Å². The Morgan fingerprint density at radius 2 is 2.09 bits per heavy atom. The summed E-state index contributed by atoms with van der Waals surface area (Å²) < 4.78 is 4.69. The number of hydrogen-bond acceptors (Lipinski definition) is 7. The Kier molecular flexibility index (Phi) is 3.60. The number of carbonyl (C=O) groups is 1. The highest BCUT2D eigenvalue weighted by atomic mass is 32.1. The van der Waals surface area contributed by atoms with Crippen LogP contribution < -0.4 is 5.32 Å². The maximum absolute atomic E-state index is 12.2. The van der Waals surface area contributed by atoms with Crippen LogP contribution in [0.1, 0.15) is 15.4 Å². The van der Waals surface area contributed by atoms with Gasteiger partial charge in [-0.15, -0.1) is 22.7 Å². The molecule has 6 nitrogen and oxygen atoms in total. The van der Waals surface area contributed by atoms with E-state index < -0.39 is 0 Å². The van der Waals surface area contributed by atoms with Crippen molar-refractivity contribution in [2.45, 2.75) is 6.54 Å². The lowest BCUT2D eigenvalue weighted by Crippen LogP contribution is -2.22. The van der Waals surface area contributed by atoms with E-state index in [4.69, 9.17) is 0 Å². The summed E-state index contributed by atoms with van der Waals surface area (Å²) in [5.41, 5.74) is 2.66. The zero-order chi connectivity index (χ0) is 15.6. The number of hydrogen-bond donors (Lipinski definition) is 1. The first kappa shape index (κ1) is 14.0. The van der Waals surface area contributed by atoms with Crippen LogP contribution in [-0.4, -0.2) is 21.2 Å². The molecule has 1 amide bonds. The fourth-order valence-electron chi connectivity index (χ4n) is 2.10. The van der Waals surface area contributed by atoms with Crippen molar-refractivity contribution in [2.75, 3.05) is 0 Å². The van der Waals surface area contributed by atoms with Crippen molar-refractivity contribution in [1.29, 1.82) is 0 Å². The number of fused-ring (bicyclic) bond motifs is 1. The Morgan fingerprint density at radius 1 is 1.17 bits per heavy atom. The lowest BCUT2D eigenvalue weighted by Gasteiger charge is -2.00. The van der Waals surface area contributed by atoms with Crippen LogP contribution in [0.2, 0.25) is 0 Å². The van der Waals surface area contributed by atoms with Gasteiger partial charge in [0.25, 0.3) is 5.91 Å². The summed E-state index contributed by atoms with van der Waals surface area (Å²) in [7, 11) is 0. The molecular formula is C15H10N4O2S2. The molecule has 0 fully saturated rings. The van der Waals surface area contributed by atoms with Gasteiger partial charge in [-0.1, -0.05) is 6.07 Å². The van der Waals surface area contributed by atoms with Gasteiger partial charge in [0.05, 0.1) is 6.54 Å². The second-order valence-corrected chi connectivity index (χ2v) is 6.66. The fraction of sp³-hybridized carbons (Fsp3) is 0.0667. The minimum Gasteiger partial charge on any atom is -0.346 e. The fourth-order valence-corrected chi connectivity index (χ4v) is 3.54. The number of amides is 1. The molecule has 0 radical (unpaired) electrons. The predicted octanol–water partition coefficient (Wildman–Crippen LogP) is 3.34. The normalized spacial score (nSPS) is 11.0. The minimum absolute atomic E-state index is 0.176. The van der Waals surface area contributed by atoms with E-state index in [1.165, 1.54) is 11.3 Å². The summed E-state index contributed by atoms with van der Waals surface area (Å²) in [5.74, 6) is -0.176. The van der Waals surface area contributed by atoms with Crippen molar-refractivity contribution >= 4 is 39.6 Å². The number of nitrogens with one attached hydrogen (secondary N) is 1. The van der Waals surface area contributed by atoms with Crippen molar-refractivity contribution in [1.82, 2.24) is 20.6 Å². The molecule has 1 N–H and O–H groups in total. The number of benzene rings is 1. The smallest absolute Gasteiger partial charge is 0.271 e. The molecule has 0 bridgehead atoms. The molecule has 0 aliphatic heterocycles. The third-order valence-corrected chi connectivity index (χ3v) is 5.01. The zero-order valence-corrected chi connectivity index (χ0v) is 13.4. The Bertz CT molecular complexity index is 959. The van der Waals surface area contributed by atoms with Gasteiger partial charge in [-0.3, -0.25) is 4.79 Å². The highest BCUT2D eigenvalue weighted by molar-refractivity contribution is 7.13. The van der Waals surface area contributed by atoms with Crippen LogP contribution in [-0.2, 0) is 6.54 Å². The number of rotatable bonds is 4. The molecule has 1 aromatic carbocycles. The van der Waals surface area contributed by atoms with Crippen LogP contribution in [0.4, 0.5) is 0 Å². The third kappa shape index (κ3) is 2.86. The van der Waals surface area contributed by atoms with Crippen molar-refractivity contribution < 1.29 is 9.42 Å². The first-order chi connectivity index (χ1) is 11.3. The molecule has 0 unspecified atom stereocenters. The molecule has 23 heavy (non-hydrogen) atoms. The van der Waals surface area contributed by atoms with Crippen LogP contribution in [0, 0.1) is 0 Å². The summed E-state index contributed by atoms with van der Waals surface area (Å²) >= 11 is 3.03. The van der Waals surface area contributed by atoms with E-state index in [0.717, 1.165) is 15.4 Å². The van der Waals surface area contributed by atoms with E-state index in [9.17, 15) is 4.79 Å². The van der Waals surface area contributed by atoms with Crippen molar-refractivity contribution in [3.8, 4) is 10.6 Å². The molecule has 4 aromatic rings. The molecule has 3 heterocycles. The first-order valence-corrected chi connectivity index (χ1v) is 8.54. The zero-order valence-electron chi connectivity index (χ0n) is 11.7. The highest BCUT2D eigenvalue weighted by Crippen LogP contribution is 2.26. The van der Waals surface area contributed by atoms with Crippen LogP contribution in [0.15, 0.2) is 45.7 Å². The molecule has 114 valence electrons. The highest BCUT2D eigenvalue weighted by Gasteiger charge is 2.13. The molecule has 3 aromatic heterocycles. The van der Waals surface area contributed by atoms with Crippen molar-refractivity contribution in [3.63, 3.8) is 0 Å². The van der Waals surface area contributed by atoms with Gasteiger partial charge in [-0.05, 0) is 40.0 Å². The molecular weight excluding hydrogens is 332 g/mol. The third-order valence-electron chi connectivity index (χ3n) is 3.24. The number of thiazole rings is 1. The summed E-state index contributed by atoms with van der Waals surface area (Å²) in [6.07, 6.45) is 0. The van der Waals surface area contributed by atoms with Crippen LogP contribution >= 0.6 is 22.7 Å². The predicted molar refractivity (Wildman–Crippen MR) is 88.4 cm³/mol. The van der Waals surface area contributed by atoms with Gasteiger partial charge < -0.3 is 5.32 Å². The van der Waals surface area contributed by atoms with Gasteiger partial charge in [0.1, 0.15) is 21.7 Å². The molecule has 0 aliphatic carbocycles. The second-order valence-electron chi connectivity index (χ2n) is 4.77. The van der Waals surface area contributed by atoms with E-state index in [2.05, 4.69) is 25.2 Å². The summed E-state index contributed by atoms with van der Waals surface area (Å²) in [6.45, 7) is 0.514. The Balaban J connectivity index is 1.52. The largest absolute Gasteiger partial charge is 0.346 e. The van der Waals surface area contributed by atoms with E-state index >= 15 is 0 Å². The molecule has 0 aliphatic rings. The van der Waals surface area contributed by atoms with Gasteiger partial charge >= 0.3 is 0 Å². The van der Waals surface area contributed by atoms with Gasteiger partial charge in [-0.2, -0.15) is 0 Å². The van der Waals surface area contributed by atoms with Gasteiger partial charge in [0, 0.05) is 15.8 Å².